The molecule has 1 aliphatic heterocycles. The highest BCUT2D eigenvalue weighted by Gasteiger charge is 2.34. The number of tetrazole rings is 1. The van der Waals surface area contributed by atoms with Crippen molar-refractivity contribution in [2.75, 3.05) is 38.2 Å². The molecule has 0 spiro atoms. The molecule has 7 nitrogen and oxygen atoms in total. The van der Waals surface area contributed by atoms with Crippen molar-refractivity contribution < 1.29 is 4.74 Å². The molecule has 2 aromatic carbocycles. The topological polar surface area (TPSA) is 59.3 Å². The van der Waals surface area contributed by atoms with Crippen LogP contribution in [0.2, 0.25) is 0 Å². The zero-order valence-electron chi connectivity index (χ0n) is 20.7. The van der Waals surface area contributed by atoms with Crippen LogP contribution < -0.4 is 9.64 Å². The molecule has 176 valence electrons. The maximum Gasteiger partial charge on any atom is 0.173 e. The van der Waals surface area contributed by atoms with E-state index in [2.05, 4.69) is 90.3 Å². The molecule has 1 aromatic heterocycles. The summed E-state index contributed by atoms with van der Waals surface area (Å²) in [6.07, 6.45) is 0.945. The maximum absolute atomic E-state index is 5.40. The van der Waals surface area contributed by atoms with Crippen molar-refractivity contribution in [3.63, 3.8) is 0 Å². The Balaban J connectivity index is 1.65. The first-order chi connectivity index (χ1) is 15.9. The van der Waals surface area contributed by atoms with Crippen LogP contribution in [0.3, 0.4) is 0 Å². The van der Waals surface area contributed by atoms with Crippen molar-refractivity contribution in [1.82, 2.24) is 25.1 Å². The molecule has 4 rings (SSSR count). The van der Waals surface area contributed by atoms with Gasteiger partial charge in [0.25, 0.3) is 0 Å². The number of aromatic nitrogens is 4. The third-order valence-corrected chi connectivity index (χ3v) is 7.20. The minimum atomic E-state index is -0.163. The van der Waals surface area contributed by atoms with Gasteiger partial charge in [0.2, 0.25) is 0 Å². The van der Waals surface area contributed by atoms with Crippen molar-refractivity contribution in [2.45, 2.75) is 52.6 Å². The van der Waals surface area contributed by atoms with Crippen LogP contribution in [0, 0.1) is 13.8 Å². The largest absolute Gasteiger partial charge is 0.497 e. The number of aryl methyl sites for hydroxylation is 1. The first-order valence-electron chi connectivity index (χ1n) is 11.8. The second-order valence-electron chi connectivity index (χ2n) is 9.53. The van der Waals surface area contributed by atoms with Crippen LogP contribution in [0.25, 0.3) is 0 Å². The predicted molar refractivity (Wildman–Crippen MR) is 132 cm³/mol. The molecule has 0 N–H and O–H groups in total. The van der Waals surface area contributed by atoms with Crippen molar-refractivity contribution in [2.24, 2.45) is 0 Å². The fourth-order valence-corrected chi connectivity index (χ4v) is 4.55. The average molecular weight is 449 g/mol. The van der Waals surface area contributed by atoms with Crippen molar-refractivity contribution in [3.8, 4) is 5.75 Å². The Labute approximate surface area is 197 Å². The van der Waals surface area contributed by atoms with E-state index in [1.165, 1.54) is 22.4 Å². The van der Waals surface area contributed by atoms with Gasteiger partial charge in [-0.2, -0.15) is 0 Å². The molecule has 1 fully saturated rings. The quantitative estimate of drug-likeness (QED) is 0.535. The zero-order valence-corrected chi connectivity index (χ0v) is 20.7. The molecule has 0 radical (unpaired) electrons. The highest BCUT2D eigenvalue weighted by atomic mass is 16.5. The van der Waals surface area contributed by atoms with Crippen LogP contribution in [-0.2, 0) is 5.54 Å². The molecular formula is C26H36N6O. The van der Waals surface area contributed by atoms with Crippen LogP contribution in [0.15, 0.2) is 42.5 Å². The van der Waals surface area contributed by atoms with Gasteiger partial charge in [-0.1, -0.05) is 31.2 Å². The monoisotopic (exact) mass is 448 g/mol. The van der Waals surface area contributed by atoms with Crippen molar-refractivity contribution in [3.05, 3.63) is 65.0 Å². The molecule has 0 amide bonds. The number of nitrogens with zero attached hydrogens (tertiary/aromatic N) is 6. The Morgan fingerprint density at radius 3 is 2.33 bits per heavy atom. The molecule has 0 bridgehead atoms. The van der Waals surface area contributed by atoms with E-state index < -0.39 is 0 Å². The molecule has 33 heavy (non-hydrogen) atoms. The van der Waals surface area contributed by atoms with E-state index in [1.807, 2.05) is 16.8 Å². The standard InChI is InChI=1S/C26H36N6O/c1-7-26(4,5)32-25(27-28-29-32)24(21-11-13-22(33-6)14-12-21)31-17-15-30(16-18-31)23-10-8-9-19(2)20(23)3/h8-14,24H,7,15-18H2,1-6H3/t24-/m0/s1. The van der Waals surface area contributed by atoms with Gasteiger partial charge in [0.1, 0.15) is 5.75 Å². The molecule has 2 heterocycles. The average Bonchev–Trinajstić information content (AvgIpc) is 3.32. The predicted octanol–water partition coefficient (Wildman–Crippen LogP) is 4.36. The normalized spacial score (nSPS) is 16.1. The van der Waals surface area contributed by atoms with Gasteiger partial charge in [0, 0.05) is 31.9 Å². The lowest BCUT2D eigenvalue weighted by Gasteiger charge is -2.41. The van der Waals surface area contributed by atoms with Crippen LogP contribution in [0.1, 0.15) is 55.7 Å². The Kier molecular flexibility index (Phi) is 6.70. The molecule has 1 atom stereocenters. The summed E-state index contributed by atoms with van der Waals surface area (Å²) in [5.41, 5.74) is 5.06. The van der Waals surface area contributed by atoms with Crippen LogP contribution >= 0.6 is 0 Å². The van der Waals surface area contributed by atoms with Gasteiger partial charge in [-0.05, 0) is 79.4 Å². The highest BCUT2D eigenvalue weighted by Crippen LogP contribution is 2.33. The molecule has 0 saturated carbocycles. The van der Waals surface area contributed by atoms with Crippen LogP contribution in [-0.4, -0.2) is 58.4 Å². The number of piperazine rings is 1. The number of anilines is 1. The third kappa shape index (κ3) is 4.60. The molecule has 7 heteroatoms. The van der Waals surface area contributed by atoms with Gasteiger partial charge in [-0.15, -0.1) is 5.10 Å². The van der Waals surface area contributed by atoms with Crippen LogP contribution in [0.5, 0.6) is 5.75 Å². The Morgan fingerprint density at radius 1 is 1.00 bits per heavy atom. The number of ether oxygens (including phenoxy) is 1. The minimum absolute atomic E-state index is 0.0162. The van der Waals surface area contributed by atoms with Gasteiger partial charge in [0.15, 0.2) is 5.82 Å². The first-order valence-corrected chi connectivity index (χ1v) is 11.8. The fourth-order valence-electron chi connectivity index (χ4n) is 4.55. The van der Waals surface area contributed by atoms with Gasteiger partial charge in [0.05, 0.1) is 18.7 Å². The van der Waals surface area contributed by atoms with Crippen LogP contribution in [0.4, 0.5) is 5.69 Å². The minimum Gasteiger partial charge on any atom is -0.497 e. The Morgan fingerprint density at radius 2 is 1.70 bits per heavy atom. The van der Waals surface area contributed by atoms with E-state index in [1.54, 1.807) is 7.11 Å². The van der Waals surface area contributed by atoms with Gasteiger partial charge in [-0.3, -0.25) is 4.90 Å². The summed E-state index contributed by atoms with van der Waals surface area (Å²) in [5, 5.41) is 13.1. The Hall–Kier alpha value is -2.93. The highest BCUT2D eigenvalue weighted by molar-refractivity contribution is 5.56. The van der Waals surface area contributed by atoms with E-state index >= 15 is 0 Å². The third-order valence-electron chi connectivity index (χ3n) is 7.20. The summed E-state index contributed by atoms with van der Waals surface area (Å²) in [6.45, 7) is 14.8. The number of benzene rings is 2. The zero-order chi connectivity index (χ0) is 23.6. The second-order valence-corrected chi connectivity index (χ2v) is 9.53. The number of rotatable bonds is 7. The number of methoxy groups -OCH3 is 1. The smallest absolute Gasteiger partial charge is 0.173 e. The molecule has 3 aromatic rings. The summed E-state index contributed by atoms with van der Waals surface area (Å²) in [5.74, 6) is 1.75. The van der Waals surface area contributed by atoms with E-state index in [4.69, 9.17) is 4.74 Å². The number of hydrogen-bond donors (Lipinski definition) is 0. The fraction of sp³-hybridized carbons (Fsp3) is 0.500. The van der Waals surface area contributed by atoms with E-state index in [9.17, 15) is 0 Å². The molecule has 1 saturated heterocycles. The van der Waals surface area contributed by atoms with E-state index in [0.717, 1.165) is 44.2 Å². The lowest BCUT2D eigenvalue weighted by atomic mass is 9.99. The van der Waals surface area contributed by atoms with E-state index in [0.29, 0.717) is 0 Å². The summed E-state index contributed by atoms with van der Waals surface area (Å²) in [7, 11) is 1.70. The summed E-state index contributed by atoms with van der Waals surface area (Å²) in [6, 6.07) is 14.9. The summed E-state index contributed by atoms with van der Waals surface area (Å²) in [4.78, 5) is 5.01. The molecule has 0 unspecified atom stereocenters. The summed E-state index contributed by atoms with van der Waals surface area (Å²) >= 11 is 0. The first kappa shape index (κ1) is 23.2. The molecular weight excluding hydrogens is 412 g/mol. The SMILES string of the molecule is CCC(C)(C)n1nnnc1[C@H](c1ccc(OC)cc1)N1CCN(c2cccc(C)c2C)CC1. The van der Waals surface area contributed by atoms with Gasteiger partial charge < -0.3 is 9.64 Å². The lowest BCUT2D eigenvalue weighted by molar-refractivity contribution is 0.187. The second kappa shape index (κ2) is 9.51. The van der Waals surface area contributed by atoms with Crippen molar-refractivity contribution in [1.29, 1.82) is 0 Å². The van der Waals surface area contributed by atoms with E-state index in [-0.39, 0.29) is 11.6 Å². The van der Waals surface area contributed by atoms with Gasteiger partial charge in [-0.25, -0.2) is 4.68 Å². The molecule has 1 aliphatic rings. The molecule has 0 aliphatic carbocycles. The maximum atomic E-state index is 5.40. The number of hydrogen-bond acceptors (Lipinski definition) is 6. The Bertz CT molecular complexity index is 1070. The van der Waals surface area contributed by atoms with Gasteiger partial charge >= 0.3 is 0 Å². The lowest BCUT2D eigenvalue weighted by Crippen LogP contribution is -2.49. The van der Waals surface area contributed by atoms with Crippen molar-refractivity contribution >= 4 is 5.69 Å². The summed E-state index contributed by atoms with van der Waals surface area (Å²) < 4.78 is 7.41.